The van der Waals surface area contributed by atoms with Crippen LogP contribution in [-0.4, -0.2) is 17.9 Å². The van der Waals surface area contributed by atoms with E-state index in [2.05, 4.69) is 6.92 Å². The van der Waals surface area contributed by atoms with Gasteiger partial charge in [-0.2, -0.15) is 0 Å². The van der Waals surface area contributed by atoms with Crippen molar-refractivity contribution in [1.29, 1.82) is 0 Å². The molecule has 0 aliphatic rings. The Morgan fingerprint density at radius 2 is 1.95 bits per heavy atom. The van der Waals surface area contributed by atoms with Gasteiger partial charge < -0.3 is 9.32 Å². The molecule has 3 nitrogen and oxygen atoms in total. The van der Waals surface area contributed by atoms with Crippen LogP contribution in [0.4, 0.5) is 0 Å². The first-order valence-corrected chi connectivity index (χ1v) is 6.53. The van der Waals surface area contributed by atoms with Gasteiger partial charge in [0.2, 0.25) is 0 Å². The van der Waals surface area contributed by atoms with E-state index in [4.69, 9.17) is 4.42 Å². The topological polar surface area (TPSA) is 33.5 Å². The summed E-state index contributed by atoms with van der Waals surface area (Å²) < 4.78 is 5.35. The molecule has 2 rings (SSSR count). The minimum absolute atomic E-state index is 0.00607. The zero-order valence-corrected chi connectivity index (χ0v) is 11.6. The molecule has 1 amide bonds. The third kappa shape index (κ3) is 2.87. The Bertz CT molecular complexity index is 528. The lowest BCUT2D eigenvalue weighted by Gasteiger charge is -2.23. The highest BCUT2D eigenvalue weighted by Crippen LogP contribution is 2.21. The fourth-order valence-electron chi connectivity index (χ4n) is 1.98. The van der Waals surface area contributed by atoms with Gasteiger partial charge >= 0.3 is 0 Å². The molecular formula is C16H19NO2. The molecule has 0 saturated carbocycles. The first-order chi connectivity index (χ1) is 9.13. The van der Waals surface area contributed by atoms with Crippen molar-refractivity contribution in [1.82, 2.24) is 4.90 Å². The van der Waals surface area contributed by atoms with Crippen molar-refractivity contribution in [2.24, 2.45) is 0 Å². The summed E-state index contributed by atoms with van der Waals surface area (Å²) in [4.78, 5) is 14.1. The number of hydrogen-bond donors (Lipinski definition) is 0. The molecule has 2 aromatic rings. The number of carbonyl (C=O) groups is 1. The lowest BCUT2D eigenvalue weighted by molar-refractivity contribution is 0.0726. The normalized spacial score (nSPS) is 12.2. The summed E-state index contributed by atoms with van der Waals surface area (Å²) >= 11 is 0. The van der Waals surface area contributed by atoms with Gasteiger partial charge in [-0.05, 0) is 43.2 Å². The molecule has 0 aliphatic carbocycles. The predicted octanol–water partition coefficient (Wildman–Crippen LogP) is 3.68. The summed E-state index contributed by atoms with van der Waals surface area (Å²) in [6.45, 7) is 4.05. The summed E-state index contributed by atoms with van der Waals surface area (Å²) in [7, 11) is 1.79. The Morgan fingerprint density at radius 3 is 2.47 bits per heavy atom. The van der Waals surface area contributed by atoms with Gasteiger partial charge in [-0.25, -0.2) is 0 Å². The van der Waals surface area contributed by atoms with Crippen molar-refractivity contribution in [3.05, 3.63) is 59.5 Å². The minimum Gasteiger partial charge on any atom is -0.467 e. The highest BCUT2D eigenvalue weighted by Gasteiger charge is 2.20. The zero-order chi connectivity index (χ0) is 13.8. The molecule has 1 heterocycles. The van der Waals surface area contributed by atoms with Crippen molar-refractivity contribution in [2.75, 3.05) is 7.05 Å². The molecule has 1 atom stereocenters. The maximum Gasteiger partial charge on any atom is 0.254 e. The first-order valence-electron chi connectivity index (χ1n) is 6.53. The standard InChI is InChI=1S/C16H19NO2/c1-4-13-7-9-14(10-8-13)16(18)17(3)12(2)15-6-5-11-19-15/h5-12H,4H2,1-3H3. The number of furan rings is 1. The molecule has 0 saturated heterocycles. The molecule has 0 bridgehead atoms. The average Bonchev–Trinajstić information content (AvgIpc) is 2.99. The summed E-state index contributed by atoms with van der Waals surface area (Å²) in [5, 5.41) is 0. The van der Waals surface area contributed by atoms with Gasteiger partial charge in [0.25, 0.3) is 5.91 Å². The molecule has 19 heavy (non-hydrogen) atoms. The van der Waals surface area contributed by atoms with E-state index >= 15 is 0 Å². The predicted molar refractivity (Wildman–Crippen MR) is 75.0 cm³/mol. The van der Waals surface area contributed by atoms with Crippen molar-refractivity contribution < 1.29 is 9.21 Å². The van der Waals surface area contributed by atoms with E-state index < -0.39 is 0 Å². The van der Waals surface area contributed by atoms with Gasteiger partial charge in [0.15, 0.2) is 0 Å². The van der Waals surface area contributed by atoms with Crippen molar-refractivity contribution in [2.45, 2.75) is 26.3 Å². The van der Waals surface area contributed by atoms with Gasteiger partial charge in [0.05, 0.1) is 12.3 Å². The van der Waals surface area contributed by atoms with Crippen LogP contribution in [0.15, 0.2) is 47.1 Å². The van der Waals surface area contributed by atoms with Crippen molar-refractivity contribution in [3.8, 4) is 0 Å². The smallest absolute Gasteiger partial charge is 0.254 e. The monoisotopic (exact) mass is 257 g/mol. The van der Waals surface area contributed by atoms with E-state index in [1.807, 2.05) is 43.3 Å². The number of benzene rings is 1. The quantitative estimate of drug-likeness (QED) is 0.837. The number of amides is 1. The maximum absolute atomic E-state index is 12.4. The van der Waals surface area contributed by atoms with E-state index in [0.29, 0.717) is 5.56 Å². The third-order valence-corrected chi connectivity index (χ3v) is 3.47. The van der Waals surface area contributed by atoms with Gasteiger partial charge in [0, 0.05) is 12.6 Å². The summed E-state index contributed by atoms with van der Waals surface area (Å²) in [6, 6.07) is 11.4. The Hall–Kier alpha value is -2.03. The van der Waals surface area contributed by atoms with E-state index in [1.54, 1.807) is 18.2 Å². The van der Waals surface area contributed by atoms with Crippen LogP contribution < -0.4 is 0 Å². The number of carbonyl (C=O) groups excluding carboxylic acids is 1. The first kappa shape index (κ1) is 13.4. The Morgan fingerprint density at radius 1 is 1.26 bits per heavy atom. The van der Waals surface area contributed by atoms with Gasteiger partial charge in [-0.1, -0.05) is 19.1 Å². The molecule has 0 spiro atoms. The molecular weight excluding hydrogens is 238 g/mol. The molecule has 1 aromatic carbocycles. The zero-order valence-electron chi connectivity index (χ0n) is 11.6. The van der Waals surface area contributed by atoms with Crippen LogP contribution in [0.3, 0.4) is 0 Å². The van der Waals surface area contributed by atoms with Gasteiger partial charge in [0.1, 0.15) is 5.76 Å². The number of hydrogen-bond acceptors (Lipinski definition) is 2. The van der Waals surface area contributed by atoms with Crippen LogP contribution in [0.1, 0.15) is 41.6 Å². The fraction of sp³-hybridized carbons (Fsp3) is 0.312. The van der Waals surface area contributed by atoms with E-state index in [0.717, 1.165) is 12.2 Å². The Balaban J connectivity index is 2.14. The fourth-order valence-corrected chi connectivity index (χ4v) is 1.98. The highest BCUT2D eigenvalue weighted by atomic mass is 16.3. The maximum atomic E-state index is 12.4. The molecule has 3 heteroatoms. The lowest BCUT2D eigenvalue weighted by Crippen LogP contribution is -2.29. The second-order valence-electron chi connectivity index (χ2n) is 4.66. The minimum atomic E-state index is -0.0756. The molecule has 1 aromatic heterocycles. The lowest BCUT2D eigenvalue weighted by atomic mass is 10.1. The molecule has 0 aliphatic heterocycles. The van der Waals surface area contributed by atoms with Crippen molar-refractivity contribution >= 4 is 5.91 Å². The van der Waals surface area contributed by atoms with Crippen LogP contribution in [-0.2, 0) is 6.42 Å². The Kier molecular flexibility index (Phi) is 4.05. The average molecular weight is 257 g/mol. The molecule has 0 fully saturated rings. The van der Waals surface area contributed by atoms with Gasteiger partial charge in [-0.3, -0.25) is 4.79 Å². The van der Waals surface area contributed by atoms with Crippen LogP contribution in [0, 0.1) is 0 Å². The van der Waals surface area contributed by atoms with Crippen molar-refractivity contribution in [3.63, 3.8) is 0 Å². The van der Waals surface area contributed by atoms with Crippen LogP contribution >= 0.6 is 0 Å². The second kappa shape index (κ2) is 5.74. The summed E-state index contributed by atoms with van der Waals surface area (Å²) in [5.74, 6) is 0.799. The molecule has 1 unspecified atom stereocenters. The summed E-state index contributed by atoms with van der Waals surface area (Å²) in [6.07, 6.45) is 2.60. The molecule has 0 N–H and O–H groups in total. The van der Waals surface area contributed by atoms with E-state index in [-0.39, 0.29) is 11.9 Å². The largest absolute Gasteiger partial charge is 0.467 e. The van der Waals surface area contributed by atoms with E-state index in [1.165, 1.54) is 5.56 Å². The number of nitrogens with zero attached hydrogens (tertiary/aromatic N) is 1. The highest BCUT2D eigenvalue weighted by molar-refractivity contribution is 5.94. The summed E-state index contributed by atoms with van der Waals surface area (Å²) in [5.41, 5.74) is 1.94. The van der Waals surface area contributed by atoms with Crippen LogP contribution in [0.2, 0.25) is 0 Å². The third-order valence-electron chi connectivity index (χ3n) is 3.47. The Labute approximate surface area is 113 Å². The van der Waals surface area contributed by atoms with Gasteiger partial charge in [-0.15, -0.1) is 0 Å². The van der Waals surface area contributed by atoms with E-state index in [9.17, 15) is 4.79 Å². The SMILES string of the molecule is CCc1ccc(C(=O)N(C)C(C)c2ccco2)cc1. The molecule has 100 valence electrons. The second-order valence-corrected chi connectivity index (χ2v) is 4.66. The molecule has 0 radical (unpaired) electrons. The van der Waals surface area contributed by atoms with Crippen LogP contribution in [0.25, 0.3) is 0 Å². The van der Waals surface area contributed by atoms with Crippen LogP contribution in [0.5, 0.6) is 0 Å². The number of rotatable bonds is 4. The number of aryl methyl sites for hydroxylation is 1.